The zero-order valence-electron chi connectivity index (χ0n) is 9.32. The van der Waals surface area contributed by atoms with Gasteiger partial charge in [-0.1, -0.05) is 23.7 Å². The summed E-state index contributed by atoms with van der Waals surface area (Å²) in [6, 6.07) is 8.22. The summed E-state index contributed by atoms with van der Waals surface area (Å²) < 4.78 is 0. The van der Waals surface area contributed by atoms with Crippen LogP contribution in [0.4, 0.5) is 0 Å². The van der Waals surface area contributed by atoms with Gasteiger partial charge in [-0.05, 0) is 24.1 Å². The Morgan fingerprint density at radius 2 is 2.29 bits per heavy atom. The summed E-state index contributed by atoms with van der Waals surface area (Å²) in [6.07, 6.45) is 3.01. The van der Waals surface area contributed by atoms with E-state index in [9.17, 15) is 0 Å². The Labute approximate surface area is 110 Å². The van der Waals surface area contributed by atoms with Gasteiger partial charge in [-0.3, -0.25) is 4.98 Å². The third-order valence-electron chi connectivity index (χ3n) is 3.36. The second-order valence-electron chi connectivity index (χ2n) is 4.54. The van der Waals surface area contributed by atoms with Gasteiger partial charge in [-0.2, -0.15) is 0 Å². The molecule has 1 saturated heterocycles. The van der Waals surface area contributed by atoms with Crippen molar-refractivity contribution in [1.29, 1.82) is 0 Å². The van der Waals surface area contributed by atoms with Gasteiger partial charge in [0.15, 0.2) is 0 Å². The molecule has 1 aliphatic rings. The first-order valence-corrected chi connectivity index (χ1v) is 6.88. The Kier molecular flexibility index (Phi) is 2.90. The lowest BCUT2D eigenvalue weighted by molar-refractivity contribution is 0.276. The number of benzene rings is 1. The van der Waals surface area contributed by atoms with Crippen molar-refractivity contribution in [1.82, 2.24) is 10.3 Å². The Morgan fingerprint density at radius 1 is 1.41 bits per heavy atom. The number of rotatable bonds is 3. The van der Waals surface area contributed by atoms with E-state index in [1.165, 1.54) is 10.4 Å². The molecule has 2 aromatic rings. The van der Waals surface area contributed by atoms with Gasteiger partial charge < -0.3 is 5.32 Å². The molecule has 0 amide bonds. The van der Waals surface area contributed by atoms with Crippen LogP contribution in [0.25, 0.3) is 0 Å². The molecule has 0 radical (unpaired) electrons. The molecule has 0 bridgehead atoms. The number of nitrogens with one attached hydrogen (secondary N) is 1. The molecule has 0 aliphatic carbocycles. The molecule has 88 valence electrons. The average Bonchev–Trinajstić information content (AvgIpc) is 2.76. The smallest absolute Gasteiger partial charge is 0.0794 e. The largest absolute Gasteiger partial charge is 0.315 e. The van der Waals surface area contributed by atoms with Crippen LogP contribution < -0.4 is 5.32 Å². The molecule has 2 heterocycles. The lowest BCUT2D eigenvalue weighted by Gasteiger charge is -2.43. The molecule has 4 heteroatoms. The minimum Gasteiger partial charge on any atom is -0.315 e. The maximum absolute atomic E-state index is 6.08. The van der Waals surface area contributed by atoms with Crippen LogP contribution in [0.3, 0.4) is 0 Å². The van der Waals surface area contributed by atoms with Crippen molar-refractivity contribution in [2.75, 3.05) is 13.1 Å². The summed E-state index contributed by atoms with van der Waals surface area (Å²) in [5, 5.41) is 4.19. The summed E-state index contributed by atoms with van der Waals surface area (Å²) in [5.74, 6) is 0. The van der Waals surface area contributed by atoms with Crippen LogP contribution in [0, 0.1) is 0 Å². The first-order chi connectivity index (χ1) is 8.28. The van der Waals surface area contributed by atoms with E-state index in [0.717, 1.165) is 24.5 Å². The van der Waals surface area contributed by atoms with Crippen LogP contribution in [0.1, 0.15) is 10.4 Å². The van der Waals surface area contributed by atoms with Crippen molar-refractivity contribution in [3.8, 4) is 0 Å². The Bertz CT molecular complexity index is 506. The van der Waals surface area contributed by atoms with Crippen molar-refractivity contribution >= 4 is 22.9 Å². The fraction of sp³-hybridized carbons (Fsp3) is 0.308. The molecular formula is C13H13ClN2S. The monoisotopic (exact) mass is 264 g/mol. The fourth-order valence-corrected chi connectivity index (χ4v) is 3.27. The predicted octanol–water partition coefficient (Wildman–Crippen LogP) is 2.88. The Balaban J connectivity index is 1.92. The van der Waals surface area contributed by atoms with E-state index in [4.69, 9.17) is 11.6 Å². The van der Waals surface area contributed by atoms with Crippen molar-refractivity contribution < 1.29 is 0 Å². The lowest BCUT2D eigenvalue weighted by Crippen LogP contribution is -2.58. The SMILES string of the molecule is Clc1cccc(C2(Cc3cncs3)CNC2)c1. The molecule has 1 aromatic heterocycles. The zero-order valence-corrected chi connectivity index (χ0v) is 10.9. The summed E-state index contributed by atoms with van der Waals surface area (Å²) >= 11 is 7.81. The third kappa shape index (κ3) is 2.10. The van der Waals surface area contributed by atoms with E-state index in [0.29, 0.717) is 0 Å². The van der Waals surface area contributed by atoms with Crippen LogP contribution in [0.5, 0.6) is 0 Å². The molecule has 1 aromatic carbocycles. The van der Waals surface area contributed by atoms with Crippen molar-refractivity contribution in [3.63, 3.8) is 0 Å². The highest BCUT2D eigenvalue weighted by Crippen LogP contribution is 2.34. The van der Waals surface area contributed by atoms with Crippen molar-refractivity contribution in [2.45, 2.75) is 11.8 Å². The van der Waals surface area contributed by atoms with E-state index in [1.54, 1.807) is 11.3 Å². The minimum absolute atomic E-state index is 0.206. The second-order valence-corrected chi connectivity index (χ2v) is 5.95. The first-order valence-electron chi connectivity index (χ1n) is 5.63. The molecule has 1 aliphatic heterocycles. The summed E-state index contributed by atoms with van der Waals surface area (Å²) in [4.78, 5) is 5.49. The topological polar surface area (TPSA) is 24.9 Å². The van der Waals surface area contributed by atoms with Gasteiger partial charge in [0.2, 0.25) is 0 Å². The quantitative estimate of drug-likeness (QED) is 0.922. The normalized spacial score (nSPS) is 17.7. The molecule has 0 saturated carbocycles. The highest BCUT2D eigenvalue weighted by molar-refractivity contribution is 7.09. The molecule has 1 N–H and O–H groups in total. The number of hydrogen-bond donors (Lipinski definition) is 1. The molecule has 0 atom stereocenters. The first kappa shape index (κ1) is 11.2. The van der Waals surface area contributed by atoms with Crippen LogP contribution in [-0.4, -0.2) is 18.1 Å². The third-order valence-corrected chi connectivity index (χ3v) is 4.37. The molecule has 3 rings (SSSR count). The van der Waals surface area contributed by atoms with Crippen LogP contribution in [0.2, 0.25) is 5.02 Å². The maximum atomic E-state index is 6.08. The van der Waals surface area contributed by atoms with E-state index in [-0.39, 0.29) is 5.41 Å². The van der Waals surface area contributed by atoms with Gasteiger partial charge in [0, 0.05) is 34.6 Å². The predicted molar refractivity (Wildman–Crippen MR) is 71.8 cm³/mol. The molecular weight excluding hydrogens is 252 g/mol. The number of hydrogen-bond acceptors (Lipinski definition) is 3. The van der Waals surface area contributed by atoms with E-state index in [2.05, 4.69) is 22.4 Å². The van der Waals surface area contributed by atoms with E-state index >= 15 is 0 Å². The van der Waals surface area contributed by atoms with Gasteiger partial charge >= 0.3 is 0 Å². The van der Waals surface area contributed by atoms with Gasteiger partial charge in [-0.15, -0.1) is 11.3 Å². The van der Waals surface area contributed by atoms with Crippen molar-refractivity contribution in [3.05, 3.63) is 51.4 Å². The summed E-state index contributed by atoms with van der Waals surface area (Å²) in [5.41, 5.74) is 3.43. The average molecular weight is 265 g/mol. The zero-order chi connectivity index (χ0) is 11.7. The van der Waals surface area contributed by atoms with Gasteiger partial charge in [0.25, 0.3) is 0 Å². The van der Waals surface area contributed by atoms with Gasteiger partial charge in [0.1, 0.15) is 0 Å². The summed E-state index contributed by atoms with van der Waals surface area (Å²) in [7, 11) is 0. The molecule has 0 spiro atoms. The van der Waals surface area contributed by atoms with Crippen molar-refractivity contribution in [2.24, 2.45) is 0 Å². The van der Waals surface area contributed by atoms with E-state index < -0.39 is 0 Å². The summed E-state index contributed by atoms with van der Waals surface area (Å²) in [6.45, 7) is 2.04. The fourth-order valence-electron chi connectivity index (χ4n) is 2.34. The van der Waals surface area contributed by atoms with Crippen LogP contribution >= 0.6 is 22.9 Å². The Morgan fingerprint density at radius 3 is 2.88 bits per heavy atom. The molecule has 1 fully saturated rings. The number of thiazole rings is 1. The van der Waals surface area contributed by atoms with Crippen LogP contribution in [0.15, 0.2) is 36.0 Å². The highest BCUT2D eigenvalue weighted by atomic mass is 35.5. The number of halogens is 1. The Hall–Kier alpha value is -0.900. The number of nitrogens with zero attached hydrogens (tertiary/aromatic N) is 1. The van der Waals surface area contributed by atoms with Crippen LogP contribution in [-0.2, 0) is 11.8 Å². The van der Waals surface area contributed by atoms with E-state index in [1.807, 2.05) is 23.8 Å². The standard InChI is InChI=1S/C13H13ClN2S/c14-11-3-1-2-10(4-11)13(7-16-8-13)5-12-6-15-9-17-12/h1-4,6,9,16H,5,7-8H2. The molecule has 2 nitrogen and oxygen atoms in total. The van der Waals surface area contributed by atoms with Gasteiger partial charge in [0.05, 0.1) is 5.51 Å². The molecule has 17 heavy (non-hydrogen) atoms. The maximum Gasteiger partial charge on any atom is 0.0794 e. The van der Waals surface area contributed by atoms with Gasteiger partial charge in [-0.25, -0.2) is 0 Å². The highest BCUT2D eigenvalue weighted by Gasteiger charge is 2.39. The lowest BCUT2D eigenvalue weighted by atomic mass is 9.72. The number of aromatic nitrogens is 1. The second kappa shape index (κ2) is 4.41. The molecule has 0 unspecified atom stereocenters. The minimum atomic E-state index is 0.206.